The number of likely N-dealkylation sites (tertiary alicyclic amines) is 1. The molecule has 2 heterocycles. The molecule has 2 aliphatic heterocycles. The second kappa shape index (κ2) is 9.16. The number of fused-ring (bicyclic) bond motifs is 2. The normalized spacial score (nSPS) is 39.9. The van der Waals surface area contributed by atoms with Crippen molar-refractivity contribution >= 4 is 11.6 Å². The van der Waals surface area contributed by atoms with Crippen LogP contribution in [0, 0.1) is 33.5 Å². The molecule has 7 heteroatoms. The monoisotopic (exact) mass is 595 g/mol. The third-order valence-corrected chi connectivity index (χ3v) is 13.8. The van der Waals surface area contributed by atoms with Crippen LogP contribution in [0.15, 0.2) is 47.6 Å². The Morgan fingerprint density at radius 1 is 1.18 bits per heavy atom. The van der Waals surface area contributed by atoms with Gasteiger partial charge in [-0.05, 0) is 93.0 Å². The van der Waals surface area contributed by atoms with Crippen molar-refractivity contribution in [1.82, 2.24) is 10.2 Å². The maximum Gasteiger partial charge on any atom is 0.223 e. The summed E-state index contributed by atoms with van der Waals surface area (Å²) in [5, 5.41) is 7.00. The SMILES string of the molecule is CCC(Cc1ccccc1)C(=O)NC(C)C1CC23CCC1(OC)C1Oc4c(N=O)ccc5c4C12CC1(C5)CN(CC2CC2)C13. The van der Waals surface area contributed by atoms with Crippen molar-refractivity contribution in [3.63, 3.8) is 0 Å². The van der Waals surface area contributed by atoms with E-state index in [2.05, 4.69) is 47.4 Å². The van der Waals surface area contributed by atoms with Gasteiger partial charge in [0.1, 0.15) is 17.4 Å². The predicted molar refractivity (Wildman–Crippen MR) is 168 cm³/mol. The van der Waals surface area contributed by atoms with E-state index in [1.165, 1.54) is 42.6 Å². The first-order valence-electron chi connectivity index (χ1n) is 17.1. The lowest BCUT2D eigenvalue weighted by molar-refractivity contribution is -0.256. The number of carbonyl (C=O) groups is 1. The Morgan fingerprint density at radius 3 is 2.73 bits per heavy atom. The lowest BCUT2D eigenvalue weighted by Crippen LogP contribution is -2.77. The molecule has 5 saturated carbocycles. The van der Waals surface area contributed by atoms with Crippen LogP contribution in [0.5, 0.6) is 5.75 Å². The summed E-state index contributed by atoms with van der Waals surface area (Å²) in [5.74, 6) is 1.74. The van der Waals surface area contributed by atoms with E-state index < -0.39 is 5.60 Å². The first-order chi connectivity index (χ1) is 21.3. The van der Waals surface area contributed by atoms with Gasteiger partial charge in [-0.3, -0.25) is 9.69 Å². The number of nitrogens with one attached hydrogen (secondary N) is 1. The number of carbonyl (C=O) groups excluding carboxylic acids is 1. The van der Waals surface area contributed by atoms with Gasteiger partial charge in [-0.1, -0.05) is 43.3 Å². The zero-order valence-electron chi connectivity index (χ0n) is 26.3. The predicted octanol–water partition coefficient (Wildman–Crippen LogP) is 6.08. The molecule has 6 fully saturated rings. The molecule has 4 bridgehead atoms. The Balaban J connectivity index is 1.11. The Kier molecular flexibility index (Phi) is 5.73. The summed E-state index contributed by atoms with van der Waals surface area (Å²) in [4.78, 5) is 28.9. The smallest absolute Gasteiger partial charge is 0.223 e. The molecule has 3 spiro atoms. The minimum absolute atomic E-state index is 0.0287. The van der Waals surface area contributed by atoms with Gasteiger partial charge in [0, 0.05) is 65.9 Å². The van der Waals surface area contributed by atoms with Crippen LogP contribution in [0.2, 0.25) is 0 Å². The van der Waals surface area contributed by atoms with E-state index in [0.717, 1.165) is 56.6 Å². The van der Waals surface area contributed by atoms with Crippen molar-refractivity contribution in [1.29, 1.82) is 0 Å². The lowest BCUT2D eigenvalue weighted by atomic mass is 9.40. The molecule has 0 radical (unpaired) electrons. The fourth-order valence-electron chi connectivity index (χ4n) is 12.3. The van der Waals surface area contributed by atoms with Gasteiger partial charge in [-0.25, -0.2) is 0 Å². The number of hydrogen-bond acceptors (Lipinski definition) is 6. The highest BCUT2D eigenvalue weighted by Crippen LogP contribution is 2.84. The van der Waals surface area contributed by atoms with Gasteiger partial charge >= 0.3 is 0 Å². The molecule has 232 valence electrons. The van der Waals surface area contributed by atoms with E-state index in [1.807, 2.05) is 31.4 Å². The summed E-state index contributed by atoms with van der Waals surface area (Å²) in [5.41, 5.74) is 3.85. The summed E-state index contributed by atoms with van der Waals surface area (Å²) in [6.45, 7) is 6.70. The zero-order valence-corrected chi connectivity index (χ0v) is 26.3. The van der Waals surface area contributed by atoms with E-state index >= 15 is 0 Å². The molecule has 1 N–H and O–H groups in total. The number of methoxy groups -OCH3 is 1. The van der Waals surface area contributed by atoms with E-state index in [4.69, 9.17) is 9.47 Å². The number of benzene rings is 2. The highest BCUT2D eigenvalue weighted by atomic mass is 16.6. The van der Waals surface area contributed by atoms with Crippen molar-refractivity contribution < 1.29 is 14.3 Å². The molecule has 44 heavy (non-hydrogen) atoms. The third kappa shape index (κ3) is 3.23. The summed E-state index contributed by atoms with van der Waals surface area (Å²) < 4.78 is 13.8. The molecule has 0 aromatic heterocycles. The minimum atomic E-state index is -0.546. The maximum atomic E-state index is 13.9. The van der Waals surface area contributed by atoms with Crippen LogP contribution in [0.25, 0.3) is 0 Å². The van der Waals surface area contributed by atoms with Gasteiger partial charge in [0.05, 0.1) is 0 Å². The molecule has 2 aromatic rings. The summed E-state index contributed by atoms with van der Waals surface area (Å²) in [6, 6.07) is 14.9. The fourth-order valence-corrected chi connectivity index (χ4v) is 12.3. The number of hydrogen-bond donors (Lipinski definition) is 1. The van der Waals surface area contributed by atoms with Gasteiger partial charge in [0.15, 0.2) is 5.75 Å². The van der Waals surface area contributed by atoms with Gasteiger partial charge < -0.3 is 14.8 Å². The number of ether oxygens (including phenoxy) is 2. The average Bonchev–Trinajstić information content (AvgIpc) is 3.74. The first kappa shape index (κ1) is 27.5. The third-order valence-electron chi connectivity index (χ3n) is 13.8. The van der Waals surface area contributed by atoms with E-state index in [0.29, 0.717) is 11.7 Å². The molecule has 6 aliphatic carbocycles. The van der Waals surface area contributed by atoms with Gasteiger partial charge in [0.2, 0.25) is 5.91 Å². The van der Waals surface area contributed by atoms with Crippen molar-refractivity contribution in [3.05, 3.63) is 64.1 Å². The Labute approximate surface area is 260 Å². The Hall–Kier alpha value is -2.77. The number of nitroso groups, excluding NO2 is 1. The minimum Gasteiger partial charge on any atom is -0.484 e. The number of nitrogens with zero attached hydrogens (tertiary/aromatic N) is 2. The topological polar surface area (TPSA) is 80.2 Å². The molecule has 9 atom stereocenters. The Bertz CT molecular complexity index is 1540. The Morgan fingerprint density at radius 2 is 2.00 bits per heavy atom. The average molecular weight is 596 g/mol. The van der Waals surface area contributed by atoms with Crippen molar-refractivity contribution in [2.75, 3.05) is 20.2 Å². The zero-order chi connectivity index (χ0) is 30.1. The molecule has 1 saturated heterocycles. The fraction of sp³-hybridized carbons (Fsp3) is 0.649. The van der Waals surface area contributed by atoms with Crippen LogP contribution < -0.4 is 10.1 Å². The molecule has 9 unspecified atom stereocenters. The van der Waals surface area contributed by atoms with Crippen LogP contribution in [0.1, 0.15) is 75.5 Å². The molecule has 7 nitrogen and oxygen atoms in total. The first-order valence-corrected chi connectivity index (χ1v) is 17.1. The van der Waals surface area contributed by atoms with Crippen molar-refractivity contribution in [3.8, 4) is 5.75 Å². The molecule has 2 aromatic carbocycles. The molecular formula is C37H45N3O4. The summed E-state index contributed by atoms with van der Waals surface area (Å²) in [7, 11) is 1.86. The quantitative estimate of drug-likeness (QED) is 0.337. The van der Waals surface area contributed by atoms with Gasteiger partial charge in [-0.15, -0.1) is 4.91 Å². The molecule has 10 rings (SSSR count). The summed E-state index contributed by atoms with van der Waals surface area (Å²) >= 11 is 0. The molecular weight excluding hydrogens is 550 g/mol. The number of amides is 1. The molecule has 1 amide bonds. The lowest BCUT2D eigenvalue weighted by Gasteiger charge is -2.69. The molecule has 8 aliphatic rings. The van der Waals surface area contributed by atoms with E-state index in [1.54, 1.807) is 0 Å². The highest BCUT2D eigenvalue weighted by molar-refractivity contribution is 5.79. The van der Waals surface area contributed by atoms with Crippen LogP contribution >= 0.6 is 0 Å². The van der Waals surface area contributed by atoms with Crippen LogP contribution in [-0.4, -0.2) is 54.8 Å². The van der Waals surface area contributed by atoms with E-state index in [-0.39, 0.29) is 46.1 Å². The standard InChI is InChI=1S/C37H45N3O4/c1-4-25(16-23-8-6-5-7-9-23)31(41)38-22(2)27-18-35-14-15-37(27,43-3)33-36(35)20-34(21-40(32(34)35)19-24-10-11-24)17-26-12-13-28(39-42)30(44-33)29(26)36/h5-9,12-13,22,24-25,27,32-33H,4,10-11,14-21H2,1-3H3,(H,38,41). The van der Waals surface area contributed by atoms with E-state index in [9.17, 15) is 9.70 Å². The number of rotatable bonds is 10. The highest BCUT2D eigenvalue weighted by Gasteiger charge is 2.88. The van der Waals surface area contributed by atoms with Crippen LogP contribution in [-0.2, 0) is 27.8 Å². The van der Waals surface area contributed by atoms with Gasteiger partial charge in [-0.2, -0.15) is 0 Å². The second-order valence-corrected chi connectivity index (χ2v) is 15.7. The van der Waals surface area contributed by atoms with Crippen molar-refractivity contribution in [2.24, 2.45) is 33.8 Å². The second-order valence-electron chi connectivity index (χ2n) is 15.7. The van der Waals surface area contributed by atoms with Crippen molar-refractivity contribution in [2.45, 2.75) is 101 Å². The van der Waals surface area contributed by atoms with Crippen LogP contribution in [0.4, 0.5) is 5.69 Å². The maximum absolute atomic E-state index is 13.9. The summed E-state index contributed by atoms with van der Waals surface area (Å²) in [6.07, 6.45) is 9.30. The van der Waals surface area contributed by atoms with Crippen LogP contribution in [0.3, 0.4) is 0 Å². The van der Waals surface area contributed by atoms with Gasteiger partial charge in [0.25, 0.3) is 0 Å². The largest absolute Gasteiger partial charge is 0.484 e.